The number of benzene rings is 1. The predicted molar refractivity (Wildman–Crippen MR) is 75.4 cm³/mol. The zero-order valence-electron chi connectivity index (χ0n) is 11.2. The summed E-state index contributed by atoms with van der Waals surface area (Å²) in [7, 11) is 0. The molecule has 0 saturated carbocycles. The first-order valence-corrected chi connectivity index (χ1v) is 6.60. The Kier molecular flexibility index (Phi) is 3.48. The van der Waals surface area contributed by atoms with Crippen LogP contribution in [0.1, 0.15) is 16.1 Å². The highest BCUT2D eigenvalue weighted by atomic mass is 35.5. The molecule has 0 atom stereocenters. The van der Waals surface area contributed by atoms with Crippen molar-refractivity contribution in [1.29, 1.82) is 0 Å². The number of halogens is 4. The molecule has 0 bridgehead atoms. The summed E-state index contributed by atoms with van der Waals surface area (Å²) < 4.78 is 40.2. The summed E-state index contributed by atoms with van der Waals surface area (Å²) in [6.07, 6.45) is -3.89. The van der Waals surface area contributed by atoms with Crippen molar-refractivity contribution in [3.63, 3.8) is 0 Å². The molecule has 0 fully saturated rings. The first-order valence-electron chi connectivity index (χ1n) is 6.22. The average Bonchev–Trinajstić information content (AvgIpc) is 2.89. The molecule has 2 heterocycles. The van der Waals surface area contributed by atoms with Gasteiger partial charge in [0.05, 0.1) is 11.9 Å². The van der Waals surface area contributed by atoms with Gasteiger partial charge in [-0.05, 0) is 18.2 Å². The number of carboxylic acids is 1. The SMILES string of the molecule is O=C(O)c1cnn2c(C(F)(F)F)cc(-c3cccc(Cl)c3)nc12. The standard InChI is InChI=1S/C14H7ClF3N3O2/c15-8-3-1-2-7(4-8)10-5-11(14(16,17)18)21-12(20-10)9(6-19-21)13(22)23/h1-6H,(H,22,23). The molecule has 23 heavy (non-hydrogen) atoms. The molecule has 0 unspecified atom stereocenters. The summed E-state index contributed by atoms with van der Waals surface area (Å²) in [5.41, 5.74) is -1.63. The Morgan fingerprint density at radius 2 is 2.00 bits per heavy atom. The fraction of sp³-hybridized carbons (Fsp3) is 0.0714. The predicted octanol–water partition coefficient (Wildman–Crippen LogP) is 3.77. The van der Waals surface area contributed by atoms with E-state index in [1.807, 2.05) is 0 Å². The third-order valence-electron chi connectivity index (χ3n) is 3.11. The molecule has 3 rings (SSSR count). The Hall–Kier alpha value is -2.61. The van der Waals surface area contributed by atoms with E-state index >= 15 is 0 Å². The van der Waals surface area contributed by atoms with Crippen molar-refractivity contribution in [3.8, 4) is 11.3 Å². The van der Waals surface area contributed by atoms with Crippen LogP contribution in [-0.2, 0) is 6.18 Å². The minimum Gasteiger partial charge on any atom is -0.477 e. The fourth-order valence-corrected chi connectivity index (χ4v) is 2.30. The molecule has 5 nitrogen and oxygen atoms in total. The largest absolute Gasteiger partial charge is 0.477 e. The molecular formula is C14H7ClF3N3O2. The molecule has 3 aromatic rings. The maximum Gasteiger partial charge on any atom is 0.433 e. The van der Waals surface area contributed by atoms with Gasteiger partial charge >= 0.3 is 12.1 Å². The lowest BCUT2D eigenvalue weighted by Gasteiger charge is -2.11. The lowest BCUT2D eigenvalue weighted by Crippen LogP contribution is -2.14. The maximum absolute atomic E-state index is 13.2. The molecule has 0 aliphatic heterocycles. The van der Waals surface area contributed by atoms with Gasteiger partial charge in [0.1, 0.15) is 5.56 Å². The third kappa shape index (κ3) is 2.72. The monoisotopic (exact) mass is 341 g/mol. The van der Waals surface area contributed by atoms with E-state index in [0.29, 0.717) is 15.1 Å². The third-order valence-corrected chi connectivity index (χ3v) is 3.35. The van der Waals surface area contributed by atoms with Crippen LogP contribution in [0.5, 0.6) is 0 Å². The van der Waals surface area contributed by atoms with Gasteiger partial charge in [-0.15, -0.1) is 0 Å². The molecular weight excluding hydrogens is 335 g/mol. The fourth-order valence-electron chi connectivity index (χ4n) is 2.11. The Morgan fingerprint density at radius 1 is 1.26 bits per heavy atom. The van der Waals surface area contributed by atoms with E-state index in [1.54, 1.807) is 12.1 Å². The van der Waals surface area contributed by atoms with Gasteiger partial charge < -0.3 is 5.11 Å². The highest BCUT2D eigenvalue weighted by Gasteiger charge is 2.36. The second kappa shape index (κ2) is 5.24. The van der Waals surface area contributed by atoms with Gasteiger partial charge in [-0.2, -0.15) is 18.3 Å². The number of carbonyl (C=O) groups is 1. The topological polar surface area (TPSA) is 67.5 Å². The smallest absolute Gasteiger partial charge is 0.433 e. The number of carboxylic acid groups (broad SMARTS) is 1. The van der Waals surface area contributed by atoms with Crippen LogP contribution >= 0.6 is 11.6 Å². The van der Waals surface area contributed by atoms with Gasteiger partial charge in [-0.25, -0.2) is 14.3 Å². The summed E-state index contributed by atoms with van der Waals surface area (Å²) >= 11 is 5.84. The second-order valence-electron chi connectivity index (χ2n) is 4.63. The summed E-state index contributed by atoms with van der Waals surface area (Å²) in [5, 5.41) is 12.9. The van der Waals surface area contributed by atoms with Crippen LogP contribution < -0.4 is 0 Å². The number of rotatable bonds is 2. The average molecular weight is 342 g/mol. The lowest BCUT2D eigenvalue weighted by atomic mass is 10.1. The Bertz CT molecular complexity index is 921. The number of aromatic nitrogens is 3. The van der Waals surface area contributed by atoms with Gasteiger partial charge in [0, 0.05) is 10.6 Å². The first kappa shape index (κ1) is 15.3. The zero-order chi connectivity index (χ0) is 16.8. The van der Waals surface area contributed by atoms with Crippen molar-refractivity contribution >= 4 is 23.2 Å². The summed E-state index contributed by atoms with van der Waals surface area (Å²) in [6.45, 7) is 0. The van der Waals surface area contributed by atoms with Crippen LogP contribution in [0.15, 0.2) is 36.5 Å². The summed E-state index contributed by atoms with van der Waals surface area (Å²) in [5.74, 6) is -1.41. The van der Waals surface area contributed by atoms with Crippen molar-refractivity contribution < 1.29 is 23.1 Å². The van der Waals surface area contributed by atoms with Gasteiger partial charge in [0.2, 0.25) is 0 Å². The second-order valence-corrected chi connectivity index (χ2v) is 5.07. The molecule has 0 aliphatic rings. The number of hydrogen-bond donors (Lipinski definition) is 1. The van der Waals surface area contributed by atoms with Crippen molar-refractivity contribution in [2.75, 3.05) is 0 Å². The molecule has 0 aliphatic carbocycles. The number of alkyl halides is 3. The minimum atomic E-state index is -4.73. The zero-order valence-corrected chi connectivity index (χ0v) is 11.9. The van der Waals surface area contributed by atoms with Crippen molar-refractivity contribution in [3.05, 3.63) is 52.8 Å². The van der Waals surface area contributed by atoms with Crippen LogP contribution in [0, 0.1) is 0 Å². The molecule has 0 amide bonds. The highest BCUT2D eigenvalue weighted by molar-refractivity contribution is 6.30. The molecule has 0 radical (unpaired) electrons. The molecule has 2 aromatic heterocycles. The van der Waals surface area contributed by atoms with E-state index in [-0.39, 0.29) is 11.3 Å². The van der Waals surface area contributed by atoms with Crippen LogP contribution in [0.2, 0.25) is 5.02 Å². The van der Waals surface area contributed by atoms with Crippen LogP contribution in [-0.4, -0.2) is 25.7 Å². The maximum atomic E-state index is 13.2. The summed E-state index contributed by atoms with van der Waals surface area (Å²) in [4.78, 5) is 15.1. The van der Waals surface area contributed by atoms with Crippen molar-refractivity contribution in [2.45, 2.75) is 6.18 Å². The van der Waals surface area contributed by atoms with Crippen LogP contribution in [0.25, 0.3) is 16.9 Å². The number of aromatic carboxylic acids is 1. The molecule has 0 spiro atoms. The van der Waals surface area contributed by atoms with E-state index in [2.05, 4.69) is 10.1 Å². The van der Waals surface area contributed by atoms with E-state index in [1.165, 1.54) is 12.1 Å². The summed E-state index contributed by atoms with van der Waals surface area (Å²) in [6, 6.07) is 6.90. The van der Waals surface area contributed by atoms with Gasteiger partial charge in [0.15, 0.2) is 11.3 Å². The Labute approximate surface area is 131 Å². The molecule has 0 saturated heterocycles. The number of fused-ring (bicyclic) bond motifs is 1. The van der Waals surface area contributed by atoms with Gasteiger partial charge in [-0.1, -0.05) is 23.7 Å². The first-order chi connectivity index (χ1) is 10.8. The van der Waals surface area contributed by atoms with Gasteiger partial charge in [0.25, 0.3) is 0 Å². The van der Waals surface area contributed by atoms with Crippen LogP contribution in [0.4, 0.5) is 13.2 Å². The quantitative estimate of drug-likeness (QED) is 0.770. The highest BCUT2D eigenvalue weighted by Crippen LogP contribution is 2.33. The van der Waals surface area contributed by atoms with Gasteiger partial charge in [-0.3, -0.25) is 0 Å². The molecule has 9 heteroatoms. The molecule has 118 valence electrons. The Balaban J connectivity index is 2.35. The lowest BCUT2D eigenvalue weighted by molar-refractivity contribution is -0.142. The van der Waals surface area contributed by atoms with E-state index < -0.39 is 23.4 Å². The van der Waals surface area contributed by atoms with E-state index in [4.69, 9.17) is 16.7 Å². The number of hydrogen-bond acceptors (Lipinski definition) is 3. The van der Waals surface area contributed by atoms with Crippen molar-refractivity contribution in [1.82, 2.24) is 14.6 Å². The molecule has 1 aromatic carbocycles. The van der Waals surface area contributed by atoms with Crippen LogP contribution in [0.3, 0.4) is 0 Å². The normalized spacial score (nSPS) is 11.8. The minimum absolute atomic E-state index is 0.0460. The van der Waals surface area contributed by atoms with Crippen molar-refractivity contribution in [2.24, 2.45) is 0 Å². The molecule has 1 N–H and O–H groups in total. The van der Waals surface area contributed by atoms with E-state index in [9.17, 15) is 18.0 Å². The van der Waals surface area contributed by atoms with E-state index in [0.717, 1.165) is 12.3 Å². The Morgan fingerprint density at radius 3 is 2.61 bits per heavy atom. The number of nitrogens with zero attached hydrogens (tertiary/aromatic N) is 3.